The summed E-state index contributed by atoms with van der Waals surface area (Å²) in [5.41, 5.74) is 0.831. The van der Waals surface area contributed by atoms with Gasteiger partial charge in [0.05, 0.1) is 19.1 Å². The molecule has 1 aromatic carbocycles. The molecule has 0 unspecified atom stereocenters. The van der Waals surface area contributed by atoms with Crippen LogP contribution in [0, 0.1) is 11.3 Å². The SMILES string of the molecule is COC(=O)C1CC2(CC(OS(=O)(=O)Cc3ccccc3)C2)C1. The van der Waals surface area contributed by atoms with Gasteiger partial charge in [-0.3, -0.25) is 8.98 Å². The van der Waals surface area contributed by atoms with E-state index in [0.29, 0.717) is 12.8 Å². The fourth-order valence-corrected chi connectivity index (χ4v) is 4.87. The zero-order valence-electron chi connectivity index (χ0n) is 12.5. The summed E-state index contributed by atoms with van der Waals surface area (Å²) < 4.78 is 34.1. The van der Waals surface area contributed by atoms with Gasteiger partial charge in [0.1, 0.15) is 5.75 Å². The Hall–Kier alpha value is -1.40. The van der Waals surface area contributed by atoms with E-state index in [2.05, 4.69) is 0 Å². The van der Waals surface area contributed by atoms with E-state index in [9.17, 15) is 13.2 Å². The van der Waals surface area contributed by atoms with E-state index in [4.69, 9.17) is 8.92 Å². The highest BCUT2D eigenvalue weighted by Crippen LogP contribution is 2.59. The van der Waals surface area contributed by atoms with Crippen molar-refractivity contribution in [3.8, 4) is 0 Å². The van der Waals surface area contributed by atoms with Crippen LogP contribution in [0.15, 0.2) is 30.3 Å². The molecule has 2 fully saturated rings. The fraction of sp³-hybridized carbons (Fsp3) is 0.562. The van der Waals surface area contributed by atoms with Crippen LogP contribution in [0.1, 0.15) is 31.2 Å². The molecule has 0 radical (unpaired) electrons. The summed E-state index contributed by atoms with van der Waals surface area (Å²) in [6.45, 7) is 0. The Bertz CT molecular complexity index is 638. The van der Waals surface area contributed by atoms with Crippen LogP contribution in [0.4, 0.5) is 0 Å². The maximum Gasteiger partial charge on any atom is 0.308 e. The molecule has 22 heavy (non-hydrogen) atoms. The maximum atomic E-state index is 12.0. The van der Waals surface area contributed by atoms with Gasteiger partial charge in [0.2, 0.25) is 0 Å². The van der Waals surface area contributed by atoms with Crippen molar-refractivity contribution < 1.29 is 22.1 Å². The van der Waals surface area contributed by atoms with Crippen LogP contribution < -0.4 is 0 Å². The first-order chi connectivity index (χ1) is 10.4. The summed E-state index contributed by atoms with van der Waals surface area (Å²) in [4.78, 5) is 11.4. The first-order valence-electron chi connectivity index (χ1n) is 7.44. The van der Waals surface area contributed by atoms with Crippen molar-refractivity contribution >= 4 is 16.1 Å². The third-order valence-corrected chi connectivity index (χ3v) is 5.94. The van der Waals surface area contributed by atoms with Crippen molar-refractivity contribution in [3.63, 3.8) is 0 Å². The molecule has 0 bridgehead atoms. The lowest BCUT2D eigenvalue weighted by molar-refractivity contribution is -0.164. The second-order valence-corrected chi connectivity index (χ2v) is 8.04. The second-order valence-electron chi connectivity index (χ2n) is 6.44. The van der Waals surface area contributed by atoms with Crippen LogP contribution in [0.5, 0.6) is 0 Å². The number of benzene rings is 1. The van der Waals surface area contributed by atoms with Gasteiger partial charge in [0.25, 0.3) is 10.1 Å². The Morgan fingerprint density at radius 2 is 1.82 bits per heavy atom. The third kappa shape index (κ3) is 3.17. The monoisotopic (exact) mass is 324 g/mol. The summed E-state index contributed by atoms with van der Waals surface area (Å²) in [7, 11) is -2.16. The molecule has 1 spiro atoms. The molecule has 0 aromatic heterocycles. The van der Waals surface area contributed by atoms with E-state index in [1.807, 2.05) is 18.2 Å². The van der Waals surface area contributed by atoms with Gasteiger partial charge in [-0.1, -0.05) is 30.3 Å². The van der Waals surface area contributed by atoms with Crippen molar-refractivity contribution in [1.82, 2.24) is 0 Å². The molecular formula is C16H20O5S. The maximum absolute atomic E-state index is 12.0. The number of ether oxygens (including phenoxy) is 1. The quantitative estimate of drug-likeness (QED) is 0.614. The van der Waals surface area contributed by atoms with E-state index in [0.717, 1.165) is 18.4 Å². The lowest BCUT2D eigenvalue weighted by Crippen LogP contribution is -2.53. The second kappa shape index (κ2) is 5.66. The minimum Gasteiger partial charge on any atom is -0.469 e. The van der Waals surface area contributed by atoms with Gasteiger partial charge in [-0.05, 0) is 36.7 Å². The average molecular weight is 324 g/mol. The van der Waals surface area contributed by atoms with Gasteiger partial charge in [-0.25, -0.2) is 0 Å². The van der Waals surface area contributed by atoms with Crippen LogP contribution >= 0.6 is 0 Å². The number of carbonyl (C=O) groups is 1. The summed E-state index contributed by atoms with van der Waals surface area (Å²) in [6.07, 6.45) is 2.77. The third-order valence-electron chi connectivity index (χ3n) is 4.68. The van der Waals surface area contributed by atoms with Crippen LogP contribution in [-0.4, -0.2) is 27.6 Å². The van der Waals surface area contributed by atoms with Crippen LogP contribution in [-0.2, 0) is 29.6 Å². The van der Waals surface area contributed by atoms with E-state index in [-0.39, 0.29) is 29.2 Å². The molecule has 1 aromatic rings. The molecule has 0 N–H and O–H groups in total. The molecule has 120 valence electrons. The molecule has 3 rings (SSSR count). The molecule has 2 aliphatic rings. The molecule has 0 amide bonds. The lowest BCUT2D eigenvalue weighted by atomic mass is 9.51. The number of esters is 1. The molecule has 6 heteroatoms. The topological polar surface area (TPSA) is 69.7 Å². The first kappa shape index (κ1) is 15.5. The molecule has 2 aliphatic carbocycles. The largest absolute Gasteiger partial charge is 0.469 e. The van der Waals surface area contributed by atoms with Crippen molar-refractivity contribution in [1.29, 1.82) is 0 Å². The molecule has 0 saturated heterocycles. The van der Waals surface area contributed by atoms with Gasteiger partial charge in [0, 0.05) is 0 Å². The van der Waals surface area contributed by atoms with Gasteiger partial charge in [0.15, 0.2) is 0 Å². The Morgan fingerprint density at radius 1 is 1.18 bits per heavy atom. The van der Waals surface area contributed by atoms with E-state index < -0.39 is 10.1 Å². The normalized spacial score (nSPS) is 30.4. The van der Waals surface area contributed by atoms with Gasteiger partial charge in [-0.2, -0.15) is 8.42 Å². The van der Waals surface area contributed by atoms with E-state index in [1.165, 1.54) is 7.11 Å². The molecule has 0 atom stereocenters. The first-order valence-corrected chi connectivity index (χ1v) is 9.02. The summed E-state index contributed by atoms with van der Waals surface area (Å²) in [5, 5.41) is 0. The molecule has 5 nitrogen and oxygen atoms in total. The Kier molecular flexibility index (Phi) is 3.99. The number of rotatable bonds is 5. The Balaban J connectivity index is 1.47. The molecular weight excluding hydrogens is 304 g/mol. The molecule has 0 aliphatic heterocycles. The van der Waals surface area contributed by atoms with Crippen molar-refractivity contribution in [2.24, 2.45) is 11.3 Å². The van der Waals surface area contributed by atoms with Crippen LogP contribution in [0.2, 0.25) is 0 Å². The number of methoxy groups -OCH3 is 1. The average Bonchev–Trinajstić information content (AvgIpc) is 2.39. The minimum atomic E-state index is -3.56. The van der Waals surface area contributed by atoms with Gasteiger partial charge >= 0.3 is 5.97 Å². The number of carbonyl (C=O) groups excluding carboxylic acids is 1. The number of hydrogen-bond acceptors (Lipinski definition) is 5. The predicted molar refractivity (Wildman–Crippen MR) is 80.3 cm³/mol. The molecule has 2 saturated carbocycles. The van der Waals surface area contributed by atoms with Crippen molar-refractivity contribution in [3.05, 3.63) is 35.9 Å². The Morgan fingerprint density at radius 3 is 2.41 bits per heavy atom. The van der Waals surface area contributed by atoms with Crippen LogP contribution in [0.3, 0.4) is 0 Å². The fourth-order valence-electron chi connectivity index (χ4n) is 3.65. The van der Waals surface area contributed by atoms with Crippen LogP contribution in [0.25, 0.3) is 0 Å². The van der Waals surface area contributed by atoms with Gasteiger partial charge in [-0.15, -0.1) is 0 Å². The van der Waals surface area contributed by atoms with Gasteiger partial charge < -0.3 is 4.74 Å². The highest BCUT2D eigenvalue weighted by Gasteiger charge is 2.56. The predicted octanol–water partition coefficient (Wildman–Crippen LogP) is 2.26. The zero-order valence-corrected chi connectivity index (χ0v) is 13.3. The smallest absolute Gasteiger partial charge is 0.308 e. The van der Waals surface area contributed by atoms with Crippen molar-refractivity contribution in [2.75, 3.05) is 7.11 Å². The number of hydrogen-bond donors (Lipinski definition) is 0. The van der Waals surface area contributed by atoms with E-state index in [1.54, 1.807) is 12.1 Å². The zero-order chi connectivity index (χ0) is 15.8. The van der Waals surface area contributed by atoms with E-state index >= 15 is 0 Å². The highest BCUT2D eigenvalue weighted by molar-refractivity contribution is 7.85. The summed E-state index contributed by atoms with van der Waals surface area (Å²) in [6, 6.07) is 9.02. The molecule has 0 heterocycles. The minimum absolute atomic E-state index is 0.0214. The summed E-state index contributed by atoms with van der Waals surface area (Å²) in [5.74, 6) is -0.277. The highest BCUT2D eigenvalue weighted by atomic mass is 32.2. The lowest BCUT2D eigenvalue weighted by Gasteiger charge is -2.56. The standard InChI is InChI=1S/C16H20O5S/c1-20-15(17)13-7-16(8-13)9-14(10-16)21-22(18,19)11-12-5-3-2-4-6-12/h2-6,13-14H,7-11H2,1H3. The summed E-state index contributed by atoms with van der Waals surface area (Å²) >= 11 is 0. The van der Waals surface area contributed by atoms with Crippen molar-refractivity contribution in [2.45, 2.75) is 37.5 Å². The Labute approximate surface area is 130 Å².